The first kappa shape index (κ1) is 18.3. The van der Waals surface area contributed by atoms with Gasteiger partial charge in [-0.25, -0.2) is 8.42 Å². The smallest absolute Gasteiger partial charge is 0.408 e. The van der Waals surface area contributed by atoms with E-state index < -0.39 is 44.2 Å². The van der Waals surface area contributed by atoms with Crippen LogP contribution in [0, 0.1) is 6.92 Å². The minimum atomic E-state index is -4.90. The largest absolute Gasteiger partial charge is 0.417 e. The molecule has 0 fully saturated rings. The summed E-state index contributed by atoms with van der Waals surface area (Å²) < 4.78 is 74.3. The molecule has 12 heteroatoms. The number of amides is 1. The van der Waals surface area contributed by atoms with Gasteiger partial charge in [-0.1, -0.05) is 5.10 Å². The number of sulfone groups is 1. The number of benzene rings is 1. The van der Waals surface area contributed by atoms with Crippen molar-refractivity contribution in [1.82, 2.24) is 10.2 Å². The van der Waals surface area contributed by atoms with E-state index in [1.807, 2.05) is 0 Å². The predicted octanol–water partition coefficient (Wildman–Crippen LogP) is 2.12. The van der Waals surface area contributed by atoms with E-state index in [4.69, 9.17) is 9.15 Å². The molecule has 2 heterocycles. The van der Waals surface area contributed by atoms with Gasteiger partial charge in [0.25, 0.3) is 5.91 Å². The van der Waals surface area contributed by atoms with Crippen molar-refractivity contribution in [2.75, 3.05) is 18.2 Å². The first-order chi connectivity index (χ1) is 12.0. The third-order valence-electron chi connectivity index (χ3n) is 3.78. The Bertz CT molecular complexity index is 984. The van der Waals surface area contributed by atoms with Gasteiger partial charge in [0.1, 0.15) is 0 Å². The Morgan fingerprint density at radius 3 is 2.58 bits per heavy atom. The van der Waals surface area contributed by atoms with Crippen LogP contribution in [0.15, 0.2) is 21.4 Å². The van der Waals surface area contributed by atoms with Crippen LogP contribution < -0.4 is 5.32 Å². The molecule has 1 aromatic carbocycles. The average Bonchev–Trinajstić information content (AvgIpc) is 3.06. The second kappa shape index (κ2) is 6.06. The summed E-state index contributed by atoms with van der Waals surface area (Å²) in [6.45, 7) is 1.48. The van der Waals surface area contributed by atoms with E-state index in [0.717, 1.165) is 13.2 Å². The van der Waals surface area contributed by atoms with E-state index in [2.05, 4.69) is 15.5 Å². The number of anilines is 1. The molecule has 1 aliphatic heterocycles. The molecule has 1 unspecified atom stereocenters. The van der Waals surface area contributed by atoms with Crippen molar-refractivity contribution < 1.29 is 35.5 Å². The second-order valence-corrected chi connectivity index (χ2v) is 7.46. The number of aromatic nitrogens is 2. The number of fused-ring (bicyclic) bond motifs is 1. The maximum absolute atomic E-state index is 13.3. The van der Waals surface area contributed by atoms with Crippen LogP contribution >= 0.6 is 0 Å². The van der Waals surface area contributed by atoms with Crippen LogP contribution in [0.1, 0.15) is 33.5 Å². The molecule has 0 bridgehead atoms. The van der Waals surface area contributed by atoms with Crippen molar-refractivity contribution in [3.8, 4) is 0 Å². The molecule has 3 rings (SSSR count). The van der Waals surface area contributed by atoms with Gasteiger partial charge in [0.2, 0.25) is 5.89 Å². The molecule has 1 N–H and O–H groups in total. The lowest BCUT2D eigenvalue weighted by molar-refractivity contribution is -0.140. The summed E-state index contributed by atoms with van der Waals surface area (Å²) in [5.74, 6) is -1.42. The molecular weight excluding hydrogens is 379 g/mol. The number of nitrogens with zero attached hydrogens (tertiary/aromatic N) is 2. The predicted molar refractivity (Wildman–Crippen MR) is 80.2 cm³/mol. The number of methoxy groups -OCH3 is 1. The Morgan fingerprint density at radius 2 is 2.04 bits per heavy atom. The first-order valence-corrected chi connectivity index (χ1v) is 8.81. The summed E-state index contributed by atoms with van der Waals surface area (Å²) in [7, 11) is -3.13. The number of carbonyl (C=O) groups excluding carboxylic acids is 1. The quantitative estimate of drug-likeness (QED) is 0.853. The van der Waals surface area contributed by atoms with Gasteiger partial charge in [0.05, 0.1) is 22.3 Å². The highest BCUT2D eigenvalue weighted by Gasteiger charge is 2.46. The summed E-state index contributed by atoms with van der Waals surface area (Å²) in [6, 6.07) is 1.19. The second-order valence-electron chi connectivity index (χ2n) is 5.49. The topological polar surface area (TPSA) is 111 Å². The summed E-state index contributed by atoms with van der Waals surface area (Å²) in [5.41, 5.74) is -1.95. The molecular formula is C14H12F3N3O5S. The zero-order valence-electron chi connectivity index (χ0n) is 13.4. The number of halogens is 3. The Balaban J connectivity index is 2.16. The molecule has 0 saturated carbocycles. The number of rotatable bonds is 3. The average molecular weight is 391 g/mol. The molecule has 0 saturated heterocycles. The summed E-state index contributed by atoms with van der Waals surface area (Å²) >= 11 is 0. The normalized spacial score (nSPS) is 18.6. The van der Waals surface area contributed by atoms with Crippen LogP contribution in [0.2, 0.25) is 0 Å². The number of hydrogen-bond acceptors (Lipinski definition) is 7. The lowest BCUT2D eigenvalue weighted by Gasteiger charge is -2.16. The van der Waals surface area contributed by atoms with Gasteiger partial charge in [-0.05, 0) is 12.1 Å². The number of aryl methyl sites for hydroxylation is 1. The van der Waals surface area contributed by atoms with Gasteiger partial charge in [-0.2, -0.15) is 13.2 Å². The monoisotopic (exact) mass is 391 g/mol. The Kier molecular flexibility index (Phi) is 4.27. The van der Waals surface area contributed by atoms with Crippen molar-refractivity contribution in [3.63, 3.8) is 0 Å². The molecule has 1 aromatic heterocycles. The van der Waals surface area contributed by atoms with Crippen LogP contribution in [0.5, 0.6) is 0 Å². The maximum Gasteiger partial charge on any atom is 0.417 e. The van der Waals surface area contributed by atoms with Crippen LogP contribution in [-0.4, -0.2) is 37.4 Å². The molecule has 8 nitrogen and oxygen atoms in total. The van der Waals surface area contributed by atoms with Crippen LogP contribution in [0.3, 0.4) is 0 Å². The molecule has 1 amide bonds. The van der Waals surface area contributed by atoms with E-state index in [1.54, 1.807) is 0 Å². The third-order valence-corrected chi connectivity index (χ3v) is 5.58. The minimum Gasteiger partial charge on any atom is -0.408 e. The molecule has 2 aromatic rings. The van der Waals surface area contributed by atoms with Crippen LogP contribution in [0.4, 0.5) is 19.2 Å². The number of carbonyl (C=O) groups is 1. The number of nitrogens with one attached hydrogen (secondary N) is 1. The number of alkyl halides is 3. The molecule has 0 radical (unpaired) electrons. The Morgan fingerprint density at radius 1 is 1.35 bits per heavy atom. The van der Waals surface area contributed by atoms with Gasteiger partial charge < -0.3 is 9.15 Å². The number of hydrogen-bond donors (Lipinski definition) is 1. The zero-order valence-corrected chi connectivity index (χ0v) is 14.2. The van der Waals surface area contributed by atoms with Crippen molar-refractivity contribution in [2.24, 2.45) is 0 Å². The van der Waals surface area contributed by atoms with Crippen molar-refractivity contribution in [3.05, 3.63) is 34.7 Å². The highest BCUT2D eigenvalue weighted by molar-refractivity contribution is 7.91. The van der Waals surface area contributed by atoms with Gasteiger partial charge >= 0.3 is 12.2 Å². The maximum atomic E-state index is 13.3. The Labute approximate surface area is 145 Å². The lowest BCUT2D eigenvalue weighted by Crippen LogP contribution is -2.18. The molecule has 0 spiro atoms. The molecule has 1 aliphatic rings. The van der Waals surface area contributed by atoms with Crippen molar-refractivity contribution in [1.29, 1.82) is 0 Å². The zero-order chi connectivity index (χ0) is 19.3. The summed E-state index contributed by atoms with van der Waals surface area (Å²) in [6.07, 6.45) is -6.11. The minimum absolute atomic E-state index is 0.162. The van der Waals surface area contributed by atoms with E-state index in [0.29, 0.717) is 6.07 Å². The fourth-order valence-electron chi connectivity index (χ4n) is 2.74. The summed E-state index contributed by atoms with van der Waals surface area (Å²) in [5, 5.41) is 9.29. The summed E-state index contributed by atoms with van der Waals surface area (Å²) in [4.78, 5) is 11.5. The van der Waals surface area contributed by atoms with Gasteiger partial charge in [-0.15, -0.1) is 5.10 Å². The highest BCUT2D eigenvalue weighted by Crippen LogP contribution is 2.45. The van der Waals surface area contributed by atoms with E-state index >= 15 is 0 Å². The SMILES string of the molecule is COC1CS(=O)(=O)c2c(C(F)(F)F)ccc(C(=O)Nc3nnc(C)o3)c21. The lowest BCUT2D eigenvalue weighted by atomic mass is 9.99. The van der Waals surface area contributed by atoms with Crippen molar-refractivity contribution in [2.45, 2.75) is 24.1 Å². The first-order valence-electron chi connectivity index (χ1n) is 7.15. The standard InChI is InChI=1S/C14H12F3N3O5S/c1-6-19-20-13(25-6)18-12(21)7-3-4-8(14(15,16)17)11-10(7)9(24-2)5-26(11,22)23/h3-4,9H,5H2,1-2H3,(H,18,20,21). The fraction of sp³-hybridized carbons (Fsp3) is 0.357. The van der Waals surface area contributed by atoms with Crippen LogP contribution in [0.25, 0.3) is 0 Å². The molecule has 1 atom stereocenters. The van der Waals surface area contributed by atoms with E-state index in [1.165, 1.54) is 6.92 Å². The van der Waals surface area contributed by atoms with Crippen LogP contribution in [-0.2, 0) is 20.8 Å². The molecule has 0 aliphatic carbocycles. The van der Waals surface area contributed by atoms with Crippen molar-refractivity contribution >= 4 is 21.8 Å². The molecule has 26 heavy (non-hydrogen) atoms. The Hall–Kier alpha value is -2.47. The third kappa shape index (κ3) is 3.05. The van der Waals surface area contributed by atoms with E-state index in [9.17, 15) is 26.4 Å². The van der Waals surface area contributed by atoms with Gasteiger partial charge in [0.15, 0.2) is 9.84 Å². The fourth-order valence-corrected chi connectivity index (χ4v) is 4.70. The van der Waals surface area contributed by atoms with Gasteiger partial charge in [0, 0.05) is 25.2 Å². The van der Waals surface area contributed by atoms with E-state index in [-0.39, 0.29) is 23.0 Å². The van der Waals surface area contributed by atoms with Gasteiger partial charge in [-0.3, -0.25) is 10.1 Å². The molecule has 140 valence electrons. The number of ether oxygens (including phenoxy) is 1. The highest BCUT2D eigenvalue weighted by atomic mass is 32.2.